The summed E-state index contributed by atoms with van der Waals surface area (Å²) in [6.45, 7) is 7.16. The van der Waals surface area contributed by atoms with E-state index < -0.39 is 10.7 Å². The van der Waals surface area contributed by atoms with Gasteiger partial charge in [0.1, 0.15) is 4.75 Å². The van der Waals surface area contributed by atoms with E-state index in [1.165, 1.54) is 5.56 Å². The van der Waals surface area contributed by atoms with Crippen molar-refractivity contribution in [2.45, 2.75) is 32.4 Å². The molecule has 0 aliphatic carbocycles. The number of thioether (sulfide) groups is 1. The van der Waals surface area contributed by atoms with Gasteiger partial charge in [0.2, 0.25) is 5.91 Å². The summed E-state index contributed by atoms with van der Waals surface area (Å²) in [4.78, 5) is 22.7. The average molecular weight is 281 g/mol. The second-order valence-corrected chi connectivity index (χ2v) is 6.55. The van der Waals surface area contributed by atoms with E-state index in [-0.39, 0.29) is 11.7 Å². The predicted octanol–water partition coefficient (Wildman–Crippen LogP) is 2.84. The smallest absolute Gasteiger partial charge is 0.319 e. The van der Waals surface area contributed by atoms with Gasteiger partial charge < -0.3 is 10.4 Å². The molecular formula is C14H19NO3S. The number of aryl methyl sites for hydroxylation is 2. The number of anilines is 1. The van der Waals surface area contributed by atoms with Gasteiger partial charge >= 0.3 is 5.97 Å². The number of nitrogens with one attached hydrogen (secondary N) is 1. The van der Waals surface area contributed by atoms with Crippen LogP contribution in [-0.2, 0) is 9.59 Å². The number of aliphatic carboxylic acids is 1. The summed E-state index contributed by atoms with van der Waals surface area (Å²) < 4.78 is -0.958. The molecule has 0 radical (unpaired) electrons. The Morgan fingerprint density at radius 2 is 1.89 bits per heavy atom. The fourth-order valence-corrected chi connectivity index (χ4v) is 2.01. The Balaban J connectivity index is 2.56. The minimum atomic E-state index is -0.958. The van der Waals surface area contributed by atoms with E-state index in [2.05, 4.69) is 5.32 Å². The molecule has 0 unspecified atom stereocenters. The average Bonchev–Trinajstić information content (AvgIpc) is 2.31. The zero-order chi connectivity index (χ0) is 14.6. The van der Waals surface area contributed by atoms with E-state index in [4.69, 9.17) is 5.11 Å². The van der Waals surface area contributed by atoms with Crippen molar-refractivity contribution in [3.05, 3.63) is 29.3 Å². The molecule has 1 rings (SSSR count). The number of hydrogen-bond acceptors (Lipinski definition) is 3. The fraction of sp³-hybridized carbons (Fsp3) is 0.429. The molecule has 0 aliphatic rings. The molecule has 104 valence electrons. The van der Waals surface area contributed by atoms with Crippen molar-refractivity contribution in [2.75, 3.05) is 11.1 Å². The molecule has 1 amide bonds. The molecule has 19 heavy (non-hydrogen) atoms. The number of carbonyl (C=O) groups is 2. The van der Waals surface area contributed by atoms with Gasteiger partial charge in [-0.1, -0.05) is 6.07 Å². The summed E-state index contributed by atoms with van der Waals surface area (Å²) in [6.07, 6.45) is 0. The van der Waals surface area contributed by atoms with Crippen LogP contribution in [0, 0.1) is 13.8 Å². The molecule has 2 N–H and O–H groups in total. The molecular weight excluding hydrogens is 262 g/mol. The van der Waals surface area contributed by atoms with Gasteiger partial charge in [-0.05, 0) is 51.0 Å². The third-order valence-corrected chi connectivity index (χ3v) is 4.17. The van der Waals surface area contributed by atoms with Crippen molar-refractivity contribution >= 4 is 29.3 Å². The number of carboxylic acid groups (broad SMARTS) is 1. The molecule has 1 aromatic rings. The summed E-state index contributed by atoms with van der Waals surface area (Å²) in [6, 6.07) is 5.69. The third-order valence-electron chi connectivity index (χ3n) is 2.87. The summed E-state index contributed by atoms with van der Waals surface area (Å²) in [5.41, 5.74) is 3.01. The second kappa shape index (κ2) is 6.10. The minimum Gasteiger partial charge on any atom is -0.480 e. The molecule has 4 nitrogen and oxygen atoms in total. The topological polar surface area (TPSA) is 66.4 Å². The van der Waals surface area contributed by atoms with Gasteiger partial charge in [0, 0.05) is 5.69 Å². The number of rotatable bonds is 5. The monoisotopic (exact) mass is 281 g/mol. The molecule has 5 heteroatoms. The summed E-state index contributed by atoms with van der Waals surface area (Å²) >= 11 is 1.11. The lowest BCUT2D eigenvalue weighted by molar-refractivity contribution is -0.138. The van der Waals surface area contributed by atoms with E-state index in [9.17, 15) is 9.59 Å². The summed E-state index contributed by atoms with van der Waals surface area (Å²) in [7, 11) is 0. The normalized spacial score (nSPS) is 11.2. The number of hydrogen-bond donors (Lipinski definition) is 2. The molecule has 0 heterocycles. The lowest BCUT2D eigenvalue weighted by atomic mass is 10.1. The van der Waals surface area contributed by atoms with Crippen molar-refractivity contribution in [1.29, 1.82) is 0 Å². The van der Waals surface area contributed by atoms with E-state index >= 15 is 0 Å². The Hall–Kier alpha value is -1.49. The van der Waals surface area contributed by atoms with Gasteiger partial charge in [0.15, 0.2) is 0 Å². The quantitative estimate of drug-likeness (QED) is 0.871. The number of carbonyl (C=O) groups excluding carboxylic acids is 1. The van der Waals surface area contributed by atoms with Crippen LogP contribution in [0.3, 0.4) is 0 Å². The standard InChI is InChI=1S/C14H19NO3S/c1-9-5-6-11(7-10(9)2)15-12(16)8-19-14(3,4)13(17)18/h5-7H,8H2,1-4H3,(H,15,16)(H,17,18). The van der Waals surface area contributed by atoms with Crippen LogP contribution >= 0.6 is 11.8 Å². The Morgan fingerprint density at radius 3 is 2.42 bits per heavy atom. The van der Waals surface area contributed by atoms with Crippen LogP contribution < -0.4 is 5.32 Å². The second-order valence-electron chi connectivity index (χ2n) is 4.95. The highest BCUT2D eigenvalue weighted by Gasteiger charge is 2.28. The van der Waals surface area contributed by atoms with Crippen molar-refractivity contribution in [2.24, 2.45) is 0 Å². The van der Waals surface area contributed by atoms with E-state index in [1.807, 2.05) is 32.0 Å². The molecule has 0 aromatic heterocycles. The minimum absolute atomic E-state index is 0.117. The van der Waals surface area contributed by atoms with Crippen molar-refractivity contribution in [3.63, 3.8) is 0 Å². The van der Waals surface area contributed by atoms with Crippen LogP contribution in [0.1, 0.15) is 25.0 Å². The lowest BCUT2D eigenvalue weighted by Gasteiger charge is -2.18. The molecule has 0 spiro atoms. The van der Waals surface area contributed by atoms with Gasteiger partial charge in [-0.2, -0.15) is 0 Å². The maximum absolute atomic E-state index is 11.8. The highest BCUT2D eigenvalue weighted by atomic mass is 32.2. The largest absolute Gasteiger partial charge is 0.480 e. The van der Waals surface area contributed by atoms with Gasteiger partial charge in [0.25, 0.3) is 0 Å². The van der Waals surface area contributed by atoms with Crippen LogP contribution in [0.4, 0.5) is 5.69 Å². The number of amides is 1. The molecule has 0 saturated carbocycles. The highest BCUT2D eigenvalue weighted by molar-refractivity contribution is 8.02. The van der Waals surface area contributed by atoms with Gasteiger partial charge in [-0.3, -0.25) is 9.59 Å². The summed E-state index contributed by atoms with van der Waals surface area (Å²) in [5, 5.41) is 11.7. The van der Waals surface area contributed by atoms with E-state index in [0.717, 1.165) is 23.0 Å². The zero-order valence-electron chi connectivity index (χ0n) is 11.6. The fourth-order valence-electron chi connectivity index (χ4n) is 1.32. The highest BCUT2D eigenvalue weighted by Crippen LogP contribution is 2.24. The Kier molecular flexibility index (Phi) is 5.00. The lowest BCUT2D eigenvalue weighted by Crippen LogP contribution is -2.29. The first kappa shape index (κ1) is 15.6. The predicted molar refractivity (Wildman–Crippen MR) is 78.7 cm³/mol. The van der Waals surface area contributed by atoms with Crippen LogP contribution in [0.5, 0.6) is 0 Å². The van der Waals surface area contributed by atoms with Gasteiger partial charge in [0.05, 0.1) is 5.75 Å². The molecule has 0 aliphatic heterocycles. The van der Waals surface area contributed by atoms with E-state index in [0.29, 0.717) is 0 Å². The number of benzene rings is 1. The zero-order valence-corrected chi connectivity index (χ0v) is 12.4. The Labute approximate surface area is 117 Å². The molecule has 0 atom stereocenters. The van der Waals surface area contributed by atoms with Crippen molar-refractivity contribution in [1.82, 2.24) is 0 Å². The van der Waals surface area contributed by atoms with Crippen molar-refractivity contribution in [3.8, 4) is 0 Å². The molecule has 0 saturated heterocycles. The van der Waals surface area contributed by atoms with Crippen molar-refractivity contribution < 1.29 is 14.7 Å². The van der Waals surface area contributed by atoms with Crippen LogP contribution in [0.15, 0.2) is 18.2 Å². The van der Waals surface area contributed by atoms with Crippen LogP contribution in [0.2, 0.25) is 0 Å². The molecule has 0 fully saturated rings. The maximum atomic E-state index is 11.8. The molecule has 1 aromatic carbocycles. The van der Waals surface area contributed by atoms with E-state index in [1.54, 1.807) is 13.8 Å². The first-order valence-corrected chi connectivity index (χ1v) is 6.95. The maximum Gasteiger partial charge on any atom is 0.319 e. The van der Waals surface area contributed by atoms with Crippen LogP contribution in [-0.4, -0.2) is 27.5 Å². The first-order chi connectivity index (χ1) is 8.72. The summed E-state index contributed by atoms with van der Waals surface area (Å²) in [5.74, 6) is -0.995. The third kappa shape index (κ3) is 4.59. The van der Waals surface area contributed by atoms with Gasteiger partial charge in [-0.15, -0.1) is 11.8 Å². The Bertz CT molecular complexity index is 497. The van der Waals surface area contributed by atoms with Gasteiger partial charge in [-0.25, -0.2) is 0 Å². The first-order valence-electron chi connectivity index (χ1n) is 5.97. The number of carboxylic acids is 1. The Morgan fingerprint density at radius 1 is 1.26 bits per heavy atom. The SMILES string of the molecule is Cc1ccc(NC(=O)CSC(C)(C)C(=O)O)cc1C. The van der Waals surface area contributed by atoms with Crippen LogP contribution in [0.25, 0.3) is 0 Å². The molecule has 0 bridgehead atoms.